The summed E-state index contributed by atoms with van der Waals surface area (Å²) in [5.74, 6) is 0. The highest BCUT2D eigenvalue weighted by molar-refractivity contribution is 5.14. The molecular formula is C14H21O. The predicted molar refractivity (Wildman–Crippen MR) is 63.4 cm³/mol. The Labute approximate surface area is 93.1 Å². The topological polar surface area (TPSA) is 19.9 Å². The Morgan fingerprint density at radius 2 is 1.80 bits per heavy atom. The standard InChI is InChI=1S/C14H21O/c1-2-14(15)12-8-4-7-11-13-9-5-3-6-10-13/h3,5-6,9-10,14H,2,4,7-8,11-12H2,1H3. The molecule has 1 rings (SSSR count). The molecule has 0 aromatic heterocycles. The highest BCUT2D eigenvalue weighted by Crippen LogP contribution is 2.10. The SMILES string of the molecule is CCC([O])CCCCCc1ccccc1. The van der Waals surface area contributed by atoms with Gasteiger partial charge in [-0.2, -0.15) is 0 Å². The first-order valence-electron chi connectivity index (χ1n) is 6.02. The van der Waals surface area contributed by atoms with Crippen LogP contribution in [0.3, 0.4) is 0 Å². The van der Waals surface area contributed by atoms with E-state index in [9.17, 15) is 5.11 Å². The Morgan fingerprint density at radius 3 is 2.47 bits per heavy atom. The van der Waals surface area contributed by atoms with Crippen LogP contribution in [0.15, 0.2) is 30.3 Å². The molecule has 1 nitrogen and oxygen atoms in total. The zero-order valence-electron chi connectivity index (χ0n) is 9.61. The summed E-state index contributed by atoms with van der Waals surface area (Å²) in [7, 11) is 0. The van der Waals surface area contributed by atoms with E-state index in [0.29, 0.717) is 0 Å². The van der Waals surface area contributed by atoms with Crippen LogP contribution in [0.1, 0.15) is 44.6 Å². The van der Waals surface area contributed by atoms with Crippen molar-refractivity contribution in [2.24, 2.45) is 0 Å². The fourth-order valence-electron chi connectivity index (χ4n) is 1.73. The van der Waals surface area contributed by atoms with Crippen molar-refractivity contribution < 1.29 is 5.11 Å². The largest absolute Gasteiger partial charge is 0.233 e. The van der Waals surface area contributed by atoms with Crippen LogP contribution < -0.4 is 0 Å². The molecule has 0 heterocycles. The lowest BCUT2D eigenvalue weighted by Crippen LogP contribution is -2.01. The van der Waals surface area contributed by atoms with Gasteiger partial charge < -0.3 is 0 Å². The van der Waals surface area contributed by atoms with E-state index in [0.717, 1.165) is 25.7 Å². The van der Waals surface area contributed by atoms with Gasteiger partial charge in [0.1, 0.15) is 0 Å². The molecular weight excluding hydrogens is 184 g/mol. The second kappa shape index (κ2) is 7.47. The fourth-order valence-corrected chi connectivity index (χ4v) is 1.73. The van der Waals surface area contributed by atoms with Crippen LogP contribution in [0.2, 0.25) is 0 Å². The summed E-state index contributed by atoms with van der Waals surface area (Å²) in [5.41, 5.74) is 1.41. The second-order valence-corrected chi connectivity index (χ2v) is 4.12. The number of aryl methyl sites for hydroxylation is 1. The van der Waals surface area contributed by atoms with Crippen molar-refractivity contribution in [3.63, 3.8) is 0 Å². The van der Waals surface area contributed by atoms with Crippen LogP contribution in [0.4, 0.5) is 0 Å². The summed E-state index contributed by atoms with van der Waals surface area (Å²) in [5, 5.41) is 11.1. The van der Waals surface area contributed by atoms with E-state index in [1.807, 2.05) is 13.0 Å². The summed E-state index contributed by atoms with van der Waals surface area (Å²) >= 11 is 0. The minimum Gasteiger partial charge on any atom is -0.233 e. The lowest BCUT2D eigenvalue weighted by molar-refractivity contribution is 0.0756. The van der Waals surface area contributed by atoms with E-state index in [1.54, 1.807) is 0 Å². The summed E-state index contributed by atoms with van der Waals surface area (Å²) in [6, 6.07) is 10.6. The van der Waals surface area contributed by atoms with Gasteiger partial charge in [-0.25, -0.2) is 5.11 Å². The molecule has 0 aliphatic rings. The fraction of sp³-hybridized carbons (Fsp3) is 0.571. The number of hydrogen-bond donors (Lipinski definition) is 0. The molecule has 83 valence electrons. The molecule has 1 radical (unpaired) electrons. The van der Waals surface area contributed by atoms with Gasteiger partial charge in [0.05, 0.1) is 6.10 Å². The van der Waals surface area contributed by atoms with Gasteiger partial charge in [-0.15, -0.1) is 0 Å². The van der Waals surface area contributed by atoms with Crippen LogP contribution in [0.5, 0.6) is 0 Å². The minimum atomic E-state index is -0.332. The molecule has 0 bridgehead atoms. The van der Waals surface area contributed by atoms with Crippen LogP contribution in [0, 0.1) is 0 Å². The maximum Gasteiger partial charge on any atom is 0.0927 e. The van der Waals surface area contributed by atoms with Crippen LogP contribution in [0.25, 0.3) is 0 Å². The third kappa shape index (κ3) is 5.58. The van der Waals surface area contributed by atoms with E-state index >= 15 is 0 Å². The Balaban J connectivity index is 2.03. The molecule has 0 amide bonds. The molecule has 1 aromatic carbocycles. The first kappa shape index (κ1) is 12.3. The second-order valence-electron chi connectivity index (χ2n) is 4.12. The van der Waals surface area contributed by atoms with Gasteiger partial charge in [-0.3, -0.25) is 0 Å². The lowest BCUT2D eigenvalue weighted by Gasteiger charge is -2.04. The van der Waals surface area contributed by atoms with Crippen molar-refractivity contribution in [3.05, 3.63) is 35.9 Å². The molecule has 0 saturated heterocycles. The van der Waals surface area contributed by atoms with Crippen molar-refractivity contribution in [1.29, 1.82) is 0 Å². The molecule has 15 heavy (non-hydrogen) atoms. The van der Waals surface area contributed by atoms with E-state index < -0.39 is 0 Å². The molecule has 0 spiro atoms. The van der Waals surface area contributed by atoms with Gasteiger partial charge in [0.25, 0.3) is 0 Å². The predicted octanol–water partition coefficient (Wildman–Crippen LogP) is 4.00. The van der Waals surface area contributed by atoms with Crippen molar-refractivity contribution in [2.75, 3.05) is 0 Å². The third-order valence-electron chi connectivity index (χ3n) is 2.79. The first-order chi connectivity index (χ1) is 7.33. The molecule has 0 saturated carbocycles. The monoisotopic (exact) mass is 205 g/mol. The average molecular weight is 205 g/mol. The molecule has 0 N–H and O–H groups in total. The van der Waals surface area contributed by atoms with Crippen molar-refractivity contribution in [3.8, 4) is 0 Å². The van der Waals surface area contributed by atoms with E-state index in [1.165, 1.54) is 18.4 Å². The Hall–Kier alpha value is -0.820. The quantitative estimate of drug-likeness (QED) is 0.600. The third-order valence-corrected chi connectivity index (χ3v) is 2.79. The van der Waals surface area contributed by atoms with Crippen LogP contribution in [-0.2, 0) is 11.5 Å². The highest BCUT2D eigenvalue weighted by atomic mass is 16.3. The van der Waals surface area contributed by atoms with E-state index in [2.05, 4.69) is 24.3 Å². The summed E-state index contributed by atoms with van der Waals surface area (Å²) in [4.78, 5) is 0. The molecule has 1 atom stereocenters. The summed E-state index contributed by atoms with van der Waals surface area (Å²) in [6.07, 6.45) is 5.94. The van der Waals surface area contributed by atoms with Crippen molar-refractivity contribution in [1.82, 2.24) is 0 Å². The summed E-state index contributed by atoms with van der Waals surface area (Å²) in [6.45, 7) is 1.97. The smallest absolute Gasteiger partial charge is 0.0927 e. The van der Waals surface area contributed by atoms with Gasteiger partial charge >= 0.3 is 0 Å². The molecule has 0 aliphatic carbocycles. The van der Waals surface area contributed by atoms with Gasteiger partial charge in [-0.05, 0) is 31.2 Å². The van der Waals surface area contributed by atoms with Crippen molar-refractivity contribution in [2.45, 2.75) is 51.6 Å². The number of hydrogen-bond acceptors (Lipinski definition) is 0. The zero-order chi connectivity index (χ0) is 10.9. The highest BCUT2D eigenvalue weighted by Gasteiger charge is 2.01. The molecule has 0 aliphatic heterocycles. The van der Waals surface area contributed by atoms with Crippen LogP contribution in [-0.4, -0.2) is 6.10 Å². The van der Waals surface area contributed by atoms with Gasteiger partial charge in [-0.1, -0.05) is 50.1 Å². The van der Waals surface area contributed by atoms with Crippen molar-refractivity contribution >= 4 is 0 Å². The molecule has 1 aromatic rings. The van der Waals surface area contributed by atoms with E-state index in [4.69, 9.17) is 0 Å². The van der Waals surface area contributed by atoms with Gasteiger partial charge in [0.15, 0.2) is 0 Å². The Morgan fingerprint density at radius 1 is 1.07 bits per heavy atom. The maximum atomic E-state index is 11.1. The van der Waals surface area contributed by atoms with Gasteiger partial charge in [0, 0.05) is 0 Å². The molecule has 0 fully saturated rings. The number of unbranched alkanes of at least 4 members (excludes halogenated alkanes) is 2. The normalized spacial score (nSPS) is 12.7. The maximum absolute atomic E-state index is 11.1. The zero-order valence-corrected chi connectivity index (χ0v) is 9.61. The first-order valence-corrected chi connectivity index (χ1v) is 6.02. The van der Waals surface area contributed by atoms with Gasteiger partial charge in [0.2, 0.25) is 0 Å². The minimum absolute atomic E-state index is 0.332. The van der Waals surface area contributed by atoms with Crippen LogP contribution >= 0.6 is 0 Å². The lowest BCUT2D eigenvalue weighted by atomic mass is 10.0. The Bertz CT molecular complexity index is 243. The number of rotatable bonds is 7. The summed E-state index contributed by atoms with van der Waals surface area (Å²) < 4.78 is 0. The molecule has 1 unspecified atom stereocenters. The number of benzene rings is 1. The average Bonchev–Trinajstić information content (AvgIpc) is 2.29. The Kier molecular flexibility index (Phi) is 6.10. The van der Waals surface area contributed by atoms with E-state index in [-0.39, 0.29) is 6.10 Å². The molecule has 1 heteroatoms.